The van der Waals surface area contributed by atoms with Crippen molar-refractivity contribution in [2.45, 2.75) is 20.0 Å². The monoisotopic (exact) mass is 363 g/mol. The predicted molar refractivity (Wildman–Crippen MR) is 105 cm³/mol. The number of carbonyl (C=O) groups excluding carboxylic acids is 1. The van der Waals surface area contributed by atoms with Gasteiger partial charge in [0.2, 0.25) is 0 Å². The lowest BCUT2D eigenvalue weighted by Crippen LogP contribution is -2.25. The Morgan fingerprint density at radius 1 is 1.07 bits per heavy atom. The van der Waals surface area contributed by atoms with E-state index in [1.54, 1.807) is 24.4 Å². The molecule has 0 fully saturated rings. The first-order valence-electron chi connectivity index (χ1n) is 8.93. The Bertz CT molecular complexity index is 899. The highest BCUT2D eigenvalue weighted by atomic mass is 19.1. The summed E-state index contributed by atoms with van der Waals surface area (Å²) in [5.74, 6) is -0.604. The number of nitrogens with one attached hydrogen (secondary N) is 1. The van der Waals surface area contributed by atoms with Crippen molar-refractivity contribution in [1.82, 2.24) is 10.3 Å². The fourth-order valence-corrected chi connectivity index (χ4v) is 2.83. The van der Waals surface area contributed by atoms with Gasteiger partial charge < -0.3 is 10.2 Å². The fraction of sp³-hybridized carbons (Fsp3) is 0.182. The molecule has 0 saturated carbocycles. The second-order valence-electron chi connectivity index (χ2n) is 6.21. The molecule has 1 amide bonds. The van der Waals surface area contributed by atoms with Crippen LogP contribution in [-0.4, -0.2) is 17.4 Å². The fourth-order valence-electron chi connectivity index (χ4n) is 2.83. The third-order valence-corrected chi connectivity index (χ3v) is 4.35. The number of anilines is 1. The Balaban J connectivity index is 1.70. The summed E-state index contributed by atoms with van der Waals surface area (Å²) in [7, 11) is 0. The van der Waals surface area contributed by atoms with E-state index in [0.717, 1.165) is 18.8 Å². The number of halogens is 1. The zero-order chi connectivity index (χ0) is 19.1. The van der Waals surface area contributed by atoms with Crippen molar-refractivity contribution in [3.05, 3.63) is 95.6 Å². The van der Waals surface area contributed by atoms with Gasteiger partial charge in [0.1, 0.15) is 5.82 Å². The Labute approximate surface area is 158 Å². The summed E-state index contributed by atoms with van der Waals surface area (Å²) in [4.78, 5) is 18.8. The molecule has 0 saturated heterocycles. The van der Waals surface area contributed by atoms with Crippen molar-refractivity contribution in [3.8, 4) is 0 Å². The SMILES string of the molecule is CCN(Cc1ccccc1)c1cncc(C(=O)NCc2ccccc2F)c1. The molecule has 0 atom stereocenters. The largest absolute Gasteiger partial charge is 0.366 e. The summed E-state index contributed by atoms with van der Waals surface area (Å²) in [6.07, 6.45) is 3.27. The Hall–Kier alpha value is -3.21. The molecule has 0 unspecified atom stereocenters. The van der Waals surface area contributed by atoms with Gasteiger partial charge in [-0.2, -0.15) is 0 Å². The highest BCUT2D eigenvalue weighted by Crippen LogP contribution is 2.18. The van der Waals surface area contributed by atoms with E-state index in [1.807, 2.05) is 24.3 Å². The predicted octanol–water partition coefficient (Wildman–Crippen LogP) is 4.18. The van der Waals surface area contributed by atoms with Gasteiger partial charge >= 0.3 is 0 Å². The summed E-state index contributed by atoms with van der Waals surface area (Å²) < 4.78 is 13.7. The standard InChI is InChI=1S/C22H22FN3O/c1-2-26(16-17-8-4-3-5-9-17)20-12-19(13-24-15-20)22(27)25-14-18-10-6-7-11-21(18)23/h3-13,15H,2,14,16H2,1H3,(H,25,27). The zero-order valence-corrected chi connectivity index (χ0v) is 15.2. The van der Waals surface area contributed by atoms with E-state index in [4.69, 9.17) is 0 Å². The van der Waals surface area contributed by atoms with Crippen LogP contribution < -0.4 is 10.2 Å². The second-order valence-corrected chi connectivity index (χ2v) is 6.21. The van der Waals surface area contributed by atoms with Crippen LogP contribution in [0.1, 0.15) is 28.4 Å². The molecule has 3 aromatic rings. The molecule has 5 heteroatoms. The second kappa shape index (κ2) is 8.94. The topological polar surface area (TPSA) is 45.2 Å². The Morgan fingerprint density at radius 3 is 2.56 bits per heavy atom. The molecule has 0 radical (unpaired) electrons. The molecule has 0 aliphatic carbocycles. The van der Waals surface area contributed by atoms with Gasteiger partial charge in [-0.15, -0.1) is 0 Å². The van der Waals surface area contributed by atoms with Crippen LogP contribution in [0.4, 0.5) is 10.1 Å². The lowest BCUT2D eigenvalue weighted by molar-refractivity contribution is 0.0950. The van der Waals surface area contributed by atoms with Gasteiger partial charge in [-0.1, -0.05) is 48.5 Å². The summed E-state index contributed by atoms with van der Waals surface area (Å²) in [6.45, 7) is 3.72. The first-order chi connectivity index (χ1) is 13.2. The van der Waals surface area contributed by atoms with Crippen LogP contribution in [0.5, 0.6) is 0 Å². The van der Waals surface area contributed by atoms with Gasteiger partial charge in [0.15, 0.2) is 0 Å². The molecule has 1 N–H and O–H groups in total. The Kier molecular flexibility index (Phi) is 6.15. The minimum absolute atomic E-state index is 0.136. The average molecular weight is 363 g/mol. The van der Waals surface area contributed by atoms with E-state index in [2.05, 4.69) is 34.3 Å². The van der Waals surface area contributed by atoms with E-state index in [1.165, 1.54) is 17.8 Å². The minimum atomic E-state index is -0.329. The number of aromatic nitrogens is 1. The van der Waals surface area contributed by atoms with E-state index in [0.29, 0.717) is 11.1 Å². The van der Waals surface area contributed by atoms with Crippen LogP contribution in [0.25, 0.3) is 0 Å². The molecular weight excluding hydrogens is 341 g/mol. The van der Waals surface area contributed by atoms with Crippen molar-refractivity contribution in [2.75, 3.05) is 11.4 Å². The lowest BCUT2D eigenvalue weighted by atomic mass is 10.1. The van der Waals surface area contributed by atoms with Crippen molar-refractivity contribution in [2.24, 2.45) is 0 Å². The van der Waals surface area contributed by atoms with E-state index >= 15 is 0 Å². The third-order valence-electron chi connectivity index (χ3n) is 4.35. The normalized spacial score (nSPS) is 10.4. The van der Waals surface area contributed by atoms with Gasteiger partial charge in [0, 0.05) is 31.4 Å². The first-order valence-corrected chi connectivity index (χ1v) is 8.93. The van der Waals surface area contributed by atoms with Crippen molar-refractivity contribution < 1.29 is 9.18 Å². The number of rotatable bonds is 7. The molecular formula is C22H22FN3O. The highest BCUT2D eigenvalue weighted by Gasteiger charge is 2.11. The van der Waals surface area contributed by atoms with Crippen LogP contribution in [0.15, 0.2) is 73.1 Å². The molecule has 0 aliphatic heterocycles. The van der Waals surface area contributed by atoms with Gasteiger partial charge in [0.05, 0.1) is 17.4 Å². The zero-order valence-electron chi connectivity index (χ0n) is 15.2. The molecule has 1 heterocycles. The van der Waals surface area contributed by atoms with Crippen molar-refractivity contribution >= 4 is 11.6 Å². The number of hydrogen-bond donors (Lipinski definition) is 1. The molecule has 27 heavy (non-hydrogen) atoms. The number of carbonyl (C=O) groups is 1. The average Bonchev–Trinajstić information content (AvgIpc) is 2.72. The molecule has 3 rings (SSSR count). The summed E-state index contributed by atoms with van der Waals surface area (Å²) in [6, 6.07) is 18.4. The van der Waals surface area contributed by atoms with Gasteiger partial charge in [-0.05, 0) is 24.6 Å². The molecule has 138 valence electrons. The van der Waals surface area contributed by atoms with Crippen LogP contribution in [0.2, 0.25) is 0 Å². The smallest absolute Gasteiger partial charge is 0.253 e. The maximum absolute atomic E-state index is 13.7. The summed E-state index contributed by atoms with van der Waals surface area (Å²) in [5.41, 5.74) is 2.97. The molecule has 0 bridgehead atoms. The van der Waals surface area contributed by atoms with Crippen LogP contribution in [0.3, 0.4) is 0 Å². The van der Waals surface area contributed by atoms with Crippen LogP contribution >= 0.6 is 0 Å². The number of nitrogens with zero attached hydrogens (tertiary/aromatic N) is 2. The molecule has 4 nitrogen and oxygen atoms in total. The van der Waals surface area contributed by atoms with E-state index in [-0.39, 0.29) is 18.3 Å². The summed E-state index contributed by atoms with van der Waals surface area (Å²) in [5, 5.41) is 2.75. The van der Waals surface area contributed by atoms with Crippen LogP contribution in [-0.2, 0) is 13.1 Å². The highest BCUT2D eigenvalue weighted by molar-refractivity contribution is 5.94. The quantitative estimate of drug-likeness (QED) is 0.685. The van der Waals surface area contributed by atoms with Crippen LogP contribution in [0, 0.1) is 5.82 Å². The Morgan fingerprint density at radius 2 is 1.81 bits per heavy atom. The van der Waals surface area contributed by atoms with Gasteiger partial charge in [0.25, 0.3) is 5.91 Å². The number of hydrogen-bond acceptors (Lipinski definition) is 3. The minimum Gasteiger partial charge on any atom is -0.366 e. The number of benzene rings is 2. The number of pyridine rings is 1. The molecule has 2 aromatic carbocycles. The van der Waals surface area contributed by atoms with E-state index in [9.17, 15) is 9.18 Å². The maximum atomic E-state index is 13.7. The molecule has 0 aliphatic rings. The third kappa shape index (κ3) is 4.91. The first kappa shape index (κ1) is 18.6. The molecule has 0 spiro atoms. The number of amides is 1. The lowest BCUT2D eigenvalue weighted by Gasteiger charge is -2.23. The molecule has 1 aromatic heterocycles. The maximum Gasteiger partial charge on any atom is 0.253 e. The van der Waals surface area contributed by atoms with Crippen molar-refractivity contribution in [3.63, 3.8) is 0 Å². The van der Waals surface area contributed by atoms with Crippen molar-refractivity contribution in [1.29, 1.82) is 0 Å². The van der Waals surface area contributed by atoms with E-state index < -0.39 is 0 Å². The summed E-state index contributed by atoms with van der Waals surface area (Å²) >= 11 is 0. The van der Waals surface area contributed by atoms with Gasteiger partial charge in [-0.25, -0.2) is 4.39 Å². The van der Waals surface area contributed by atoms with Gasteiger partial charge in [-0.3, -0.25) is 9.78 Å².